The van der Waals surface area contributed by atoms with Crippen LogP contribution < -0.4 is 10.6 Å². The van der Waals surface area contributed by atoms with Crippen LogP contribution in [-0.2, 0) is 24.0 Å². The fraction of sp³-hybridized carbons (Fsp3) is 0.455. The molecule has 11 nitrogen and oxygen atoms in total. The number of aldehydes is 1. The maximum Gasteiger partial charge on any atom is 0.305 e. The van der Waals surface area contributed by atoms with Gasteiger partial charge in [0.05, 0.1) is 12.5 Å². The molecule has 4 unspecified atom stereocenters. The van der Waals surface area contributed by atoms with Crippen molar-refractivity contribution in [2.24, 2.45) is 5.92 Å². The predicted octanol–water partition coefficient (Wildman–Crippen LogP) is -0.282. The SMILES string of the molecule is CC1CC(=O)N2CCCC(C(=O)NC(C=O)CC(=O)O)N2C(=O)C1NC(=O)c1ccccc1. The molecule has 4 amide bonds. The van der Waals surface area contributed by atoms with Crippen molar-refractivity contribution >= 4 is 35.9 Å². The molecule has 4 atom stereocenters. The lowest BCUT2D eigenvalue weighted by atomic mass is 9.96. The highest BCUT2D eigenvalue weighted by molar-refractivity contribution is 6.00. The maximum absolute atomic E-state index is 13.5. The number of benzene rings is 1. The van der Waals surface area contributed by atoms with E-state index >= 15 is 0 Å². The Hall–Kier alpha value is -3.76. The van der Waals surface area contributed by atoms with Crippen molar-refractivity contribution in [2.75, 3.05) is 6.54 Å². The minimum atomic E-state index is -1.27. The number of carboxylic acids is 1. The molecule has 0 radical (unpaired) electrons. The van der Waals surface area contributed by atoms with Crippen LogP contribution in [0.2, 0.25) is 0 Å². The molecule has 1 aromatic rings. The van der Waals surface area contributed by atoms with E-state index in [0.717, 1.165) is 5.01 Å². The summed E-state index contributed by atoms with van der Waals surface area (Å²) in [4.78, 5) is 74.1. The van der Waals surface area contributed by atoms with Gasteiger partial charge in [0.2, 0.25) is 11.8 Å². The number of carbonyl (C=O) groups is 6. The summed E-state index contributed by atoms with van der Waals surface area (Å²) in [6, 6.07) is 4.87. The third kappa shape index (κ3) is 5.36. The molecule has 33 heavy (non-hydrogen) atoms. The highest BCUT2D eigenvalue weighted by atomic mass is 16.4. The van der Waals surface area contributed by atoms with Crippen LogP contribution in [0, 0.1) is 5.92 Å². The van der Waals surface area contributed by atoms with Crippen molar-refractivity contribution < 1.29 is 33.9 Å². The molecule has 0 spiro atoms. The van der Waals surface area contributed by atoms with Crippen LogP contribution in [0.25, 0.3) is 0 Å². The van der Waals surface area contributed by atoms with Crippen LogP contribution in [0.5, 0.6) is 0 Å². The monoisotopic (exact) mass is 458 g/mol. The normalized spacial score (nSPS) is 23.7. The topological polar surface area (TPSA) is 153 Å². The fourth-order valence-electron chi connectivity index (χ4n) is 4.10. The zero-order chi connectivity index (χ0) is 24.1. The molecule has 3 rings (SSSR count). The Morgan fingerprint density at radius 2 is 1.91 bits per heavy atom. The van der Waals surface area contributed by atoms with E-state index in [1.165, 1.54) is 5.01 Å². The van der Waals surface area contributed by atoms with Gasteiger partial charge >= 0.3 is 5.97 Å². The molecule has 1 aromatic carbocycles. The molecule has 2 heterocycles. The molecule has 0 bridgehead atoms. The van der Waals surface area contributed by atoms with Crippen LogP contribution in [0.1, 0.15) is 43.0 Å². The molecule has 0 aliphatic carbocycles. The lowest BCUT2D eigenvalue weighted by molar-refractivity contribution is -0.176. The minimum Gasteiger partial charge on any atom is -0.481 e. The first-order chi connectivity index (χ1) is 15.7. The van der Waals surface area contributed by atoms with Gasteiger partial charge in [0.25, 0.3) is 11.8 Å². The highest BCUT2D eigenvalue weighted by Crippen LogP contribution is 2.27. The number of carboxylic acid groups (broad SMARTS) is 1. The predicted molar refractivity (Wildman–Crippen MR) is 113 cm³/mol. The van der Waals surface area contributed by atoms with Crippen molar-refractivity contribution in [3.63, 3.8) is 0 Å². The molecule has 0 saturated carbocycles. The average Bonchev–Trinajstić information content (AvgIpc) is 2.88. The van der Waals surface area contributed by atoms with Crippen LogP contribution in [-0.4, -0.2) is 75.7 Å². The molecular weight excluding hydrogens is 432 g/mol. The number of hydrogen-bond acceptors (Lipinski definition) is 6. The lowest BCUT2D eigenvalue weighted by Crippen LogP contribution is -2.64. The molecule has 2 saturated heterocycles. The van der Waals surface area contributed by atoms with Gasteiger partial charge in [-0.1, -0.05) is 25.1 Å². The van der Waals surface area contributed by atoms with E-state index < -0.39 is 54.2 Å². The number of carbonyl (C=O) groups excluding carboxylic acids is 5. The average molecular weight is 458 g/mol. The maximum atomic E-state index is 13.5. The van der Waals surface area contributed by atoms with E-state index in [1.807, 2.05) is 0 Å². The van der Waals surface area contributed by atoms with Gasteiger partial charge in [-0.05, 0) is 30.9 Å². The first kappa shape index (κ1) is 23.9. The quantitative estimate of drug-likeness (QED) is 0.475. The Morgan fingerprint density at radius 3 is 2.55 bits per heavy atom. The van der Waals surface area contributed by atoms with Gasteiger partial charge in [-0.15, -0.1) is 0 Å². The van der Waals surface area contributed by atoms with Crippen molar-refractivity contribution in [2.45, 2.75) is 50.7 Å². The molecule has 176 valence electrons. The van der Waals surface area contributed by atoms with Gasteiger partial charge in [-0.2, -0.15) is 0 Å². The van der Waals surface area contributed by atoms with E-state index in [2.05, 4.69) is 10.6 Å². The number of hydrazine groups is 1. The molecule has 2 aliphatic rings. The second-order valence-electron chi connectivity index (χ2n) is 8.21. The number of aliphatic carboxylic acids is 1. The second kappa shape index (κ2) is 10.2. The molecule has 11 heteroatoms. The van der Waals surface area contributed by atoms with Crippen molar-refractivity contribution in [3.8, 4) is 0 Å². The van der Waals surface area contributed by atoms with E-state index in [1.54, 1.807) is 37.3 Å². The summed E-state index contributed by atoms with van der Waals surface area (Å²) in [6.45, 7) is 1.91. The van der Waals surface area contributed by atoms with Crippen LogP contribution >= 0.6 is 0 Å². The van der Waals surface area contributed by atoms with Gasteiger partial charge in [-0.3, -0.25) is 29.0 Å². The van der Waals surface area contributed by atoms with E-state index in [0.29, 0.717) is 18.3 Å². The number of rotatable bonds is 7. The Morgan fingerprint density at radius 1 is 1.21 bits per heavy atom. The van der Waals surface area contributed by atoms with Gasteiger partial charge < -0.3 is 20.5 Å². The first-order valence-corrected chi connectivity index (χ1v) is 10.7. The molecular formula is C22H26N4O7. The van der Waals surface area contributed by atoms with Crippen LogP contribution in [0.15, 0.2) is 30.3 Å². The number of hydrogen-bond donors (Lipinski definition) is 3. The number of nitrogens with one attached hydrogen (secondary N) is 2. The Bertz CT molecular complexity index is 951. The minimum absolute atomic E-state index is 0.00765. The van der Waals surface area contributed by atoms with E-state index in [-0.39, 0.29) is 25.3 Å². The smallest absolute Gasteiger partial charge is 0.305 e. The summed E-state index contributed by atoms with van der Waals surface area (Å²) in [5.74, 6) is -3.98. The zero-order valence-corrected chi connectivity index (χ0v) is 18.1. The summed E-state index contributed by atoms with van der Waals surface area (Å²) in [5, 5.41) is 16.2. The van der Waals surface area contributed by atoms with Crippen molar-refractivity contribution in [1.29, 1.82) is 0 Å². The number of amides is 4. The van der Waals surface area contributed by atoms with E-state index in [9.17, 15) is 28.8 Å². The Kier molecular flexibility index (Phi) is 7.41. The van der Waals surface area contributed by atoms with Crippen LogP contribution in [0.3, 0.4) is 0 Å². The summed E-state index contributed by atoms with van der Waals surface area (Å²) < 4.78 is 0. The number of fused-ring (bicyclic) bond motifs is 1. The summed E-state index contributed by atoms with van der Waals surface area (Å²) in [6.07, 6.45) is 0.353. The fourth-order valence-corrected chi connectivity index (χ4v) is 4.10. The van der Waals surface area contributed by atoms with Gasteiger partial charge in [0.15, 0.2) is 0 Å². The van der Waals surface area contributed by atoms with Gasteiger partial charge in [0.1, 0.15) is 18.4 Å². The molecule has 2 fully saturated rings. The third-order valence-electron chi connectivity index (χ3n) is 5.76. The Balaban J connectivity index is 1.86. The molecule has 0 aromatic heterocycles. The van der Waals surface area contributed by atoms with Crippen molar-refractivity contribution in [1.82, 2.24) is 20.7 Å². The third-order valence-corrected chi connectivity index (χ3v) is 5.76. The number of nitrogens with zero attached hydrogens (tertiary/aromatic N) is 2. The standard InChI is InChI=1S/C22H26N4O7/c1-13-10-17(28)25-9-5-8-16(21(32)23-15(12-27)11-18(29)30)26(25)22(33)19(13)24-20(31)14-6-3-2-4-7-14/h2-4,6-7,12-13,15-16,19H,5,8-11H2,1H3,(H,23,32)(H,24,31)(H,29,30). The Labute approximate surface area is 190 Å². The zero-order valence-electron chi connectivity index (χ0n) is 18.1. The van der Waals surface area contributed by atoms with E-state index in [4.69, 9.17) is 5.11 Å². The second-order valence-corrected chi connectivity index (χ2v) is 8.21. The van der Waals surface area contributed by atoms with Gasteiger partial charge in [0, 0.05) is 18.5 Å². The largest absolute Gasteiger partial charge is 0.481 e. The van der Waals surface area contributed by atoms with Crippen LogP contribution in [0.4, 0.5) is 0 Å². The summed E-state index contributed by atoms with van der Waals surface area (Å²) >= 11 is 0. The van der Waals surface area contributed by atoms with Gasteiger partial charge in [-0.25, -0.2) is 5.01 Å². The van der Waals surface area contributed by atoms with Crippen molar-refractivity contribution in [3.05, 3.63) is 35.9 Å². The molecule has 2 aliphatic heterocycles. The first-order valence-electron chi connectivity index (χ1n) is 10.7. The summed E-state index contributed by atoms with van der Waals surface area (Å²) in [7, 11) is 0. The lowest BCUT2D eigenvalue weighted by Gasteiger charge is -2.43. The summed E-state index contributed by atoms with van der Waals surface area (Å²) in [5.41, 5.74) is 0.348. The highest BCUT2D eigenvalue weighted by Gasteiger charge is 2.47. The molecule has 3 N–H and O–H groups in total.